The van der Waals surface area contributed by atoms with Gasteiger partial charge in [0.2, 0.25) is 5.82 Å². The molecule has 144 valence electrons. The molecular formula is C16H11F3N6O3. The first-order valence-electron chi connectivity index (χ1n) is 7.56. The summed E-state index contributed by atoms with van der Waals surface area (Å²) in [5.41, 5.74) is 2.89. The maximum Gasteiger partial charge on any atom is 0.417 e. The number of benzene rings is 2. The highest BCUT2D eigenvalue weighted by atomic mass is 19.4. The van der Waals surface area contributed by atoms with Crippen LogP contribution in [0.25, 0.3) is 22.5 Å². The zero-order valence-electron chi connectivity index (χ0n) is 13.8. The van der Waals surface area contributed by atoms with E-state index >= 15 is 0 Å². The predicted molar refractivity (Wildman–Crippen MR) is 90.2 cm³/mol. The van der Waals surface area contributed by atoms with Crippen LogP contribution in [-0.4, -0.2) is 37.7 Å². The summed E-state index contributed by atoms with van der Waals surface area (Å²) in [6.45, 7) is 0. The monoisotopic (exact) mass is 392 g/mol. The zero-order valence-corrected chi connectivity index (χ0v) is 13.8. The number of nitrogens with one attached hydrogen (secondary N) is 2. The molecule has 0 atom stereocenters. The number of amides is 2. The molecule has 0 bridgehead atoms. The lowest BCUT2D eigenvalue weighted by Gasteiger charge is -2.19. The van der Waals surface area contributed by atoms with E-state index in [0.717, 1.165) is 6.07 Å². The minimum atomic E-state index is -4.87. The topological polar surface area (TPSA) is 147 Å². The van der Waals surface area contributed by atoms with Crippen molar-refractivity contribution in [3.8, 4) is 22.5 Å². The first kappa shape index (κ1) is 18.8. The molecule has 0 radical (unpaired) electrons. The van der Waals surface area contributed by atoms with Gasteiger partial charge >= 0.3 is 18.2 Å². The van der Waals surface area contributed by atoms with Crippen LogP contribution in [0.1, 0.15) is 15.9 Å². The van der Waals surface area contributed by atoms with Gasteiger partial charge < -0.3 is 16.2 Å². The van der Waals surface area contributed by atoms with Crippen molar-refractivity contribution in [2.45, 2.75) is 6.18 Å². The van der Waals surface area contributed by atoms with E-state index in [-0.39, 0.29) is 22.4 Å². The van der Waals surface area contributed by atoms with Gasteiger partial charge in [-0.05, 0) is 34.5 Å². The highest BCUT2D eigenvalue weighted by Crippen LogP contribution is 2.45. The number of hydrogen-bond donors (Lipinski definition) is 4. The van der Waals surface area contributed by atoms with Gasteiger partial charge in [-0.25, -0.2) is 9.59 Å². The molecule has 0 saturated carbocycles. The molecule has 2 aromatic carbocycles. The number of halogens is 3. The van der Waals surface area contributed by atoms with Gasteiger partial charge in [-0.1, -0.05) is 18.2 Å². The summed E-state index contributed by atoms with van der Waals surface area (Å²) in [5.74, 6) is -1.61. The molecule has 9 nitrogen and oxygen atoms in total. The Morgan fingerprint density at radius 1 is 1.11 bits per heavy atom. The van der Waals surface area contributed by atoms with Crippen molar-refractivity contribution >= 4 is 17.7 Å². The minimum Gasteiger partial charge on any atom is -0.478 e. The number of urea groups is 1. The lowest BCUT2D eigenvalue weighted by atomic mass is 9.92. The van der Waals surface area contributed by atoms with Gasteiger partial charge in [-0.15, -0.1) is 10.2 Å². The summed E-state index contributed by atoms with van der Waals surface area (Å²) in [6, 6.07) is 6.13. The van der Waals surface area contributed by atoms with Gasteiger partial charge in [0, 0.05) is 0 Å². The summed E-state index contributed by atoms with van der Waals surface area (Å²) in [6.07, 6.45) is -4.87. The normalized spacial score (nSPS) is 11.2. The second-order valence-corrected chi connectivity index (χ2v) is 5.52. The van der Waals surface area contributed by atoms with Gasteiger partial charge in [-0.3, -0.25) is 0 Å². The van der Waals surface area contributed by atoms with Crippen LogP contribution in [0.15, 0.2) is 36.4 Å². The Bertz CT molecular complexity index is 1030. The number of tetrazole rings is 1. The van der Waals surface area contributed by atoms with Crippen molar-refractivity contribution in [3.63, 3.8) is 0 Å². The number of alkyl halides is 3. The molecule has 28 heavy (non-hydrogen) atoms. The third kappa shape index (κ3) is 3.60. The molecule has 5 N–H and O–H groups in total. The van der Waals surface area contributed by atoms with Gasteiger partial charge in [0.25, 0.3) is 0 Å². The largest absolute Gasteiger partial charge is 0.478 e. The van der Waals surface area contributed by atoms with Gasteiger partial charge in [0.05, 0.1) is 22.4 Å². The number of carboxylic acids is 1. The van der Waals surface area contributed by atoms with Gasteiger partial charge in [-0.2, -0.15) is 18.4 Å². The van der Waals surface area contributed by atoms with Crippen LogP contribution < -0.4 is 11.1 Å². The van der Waals surface area contributed by atoms with E-state index in [1.54, 1.807) is 0 Å². The van der Waals surface area contributed by atoms with Crippen molar-refractivity contribution in [1.82, 2.24) is 20.6 Å². The fraction of sp³-hybridized carbons (Fsp3) is 0.0625. The smallest absolute Gasteiger partial charge is 0.417 e. The third-order valence-electron chi connectivity index (χ3n) is 3.76. The second-order valence-electron chi connectivity index (χ2n) is 5.52. The number of rotatable bonds is 4. The number of carbonyl (C=O) groups is 2. The molecule has 1 aromatic heterocycles. The molecule has 0 unspecified atom stereocenters. The van der Waals surface area contributed by atoms with Crippen LogP contribution in [0.4, 0.5) is 23.7 Å². The van der Waals surface area contributed by atoms with E-state index < -0.39 is 35.1 Å². The zero-order chi connectivity index (χ0) is 20.5. The summed E-state index contributed by atoms with van der Waals surface area (Å²) in [7, 11) is 0. The minimum absolute atomic E-state index is 0.0808. The molecule has 12 heteroatoms. The molecule has 2 amide bonds. The Kier molecular flexibility index (Phi) is 4.69. The van der Waals surface area contributed by atoms with Crippen molar-refractivity contribution in [3.05, 3.63) is 47.5 Å². The van der Waals surface area contributed by atoms with Gasteiger partial charge in [0.15, 0.2) is 0 Å². The van der Waals surface area contributed by atoms with Crippen LogP contribution in [-0.2, 0) is 6.18 Å². The number of nitrogens with zero attached hydrogens (tertiary/aromatic N) is 3. The van der Waals surface area contributed by atoms with Crippen molar-refractivity contribution < 1.29 is 27.9 Å². The van der Waals surface area contributed by atoms with Gasteiger partial charge in [0.1, 0.15) is 0 Å². The second kappa shape index (κ2) is 6.98. The average molecular weight is 392 g/mol. The molecule has 3 rings (SSSR count). The fourth-order valence-corrected chi connectivity index (χ4v) is 2.67. The summed E-state index contributed by atoms with van der Waals surface area (Å²) >= 11 is 0. The molecule has 0 fully saturated rings. The maximum atomic E-state index is 14.0. The third-order valence-corrected chi connectivity index (χ3v) is 3.76. The van der Waals surface area contributed by atoms with Crippen LogP contribution in [0.3, 0.4) is 0 Å². The molecule has 0 aliphatic rings. The average Bonchev–Trinajstić information content (AvgIpc) is 3.14. The summed E-state index contributed by atoms with van der Waals surface area (Å²) < 4.78 is 42.0. The Hall–Kier alpha value is -3.96. The number of primary amides is 1. The van der Waals surface area contributed by atoms with E-state index in [1.807, 2.05) is 0 Å². The number of hydrogen-bond acceptors (Lipinski definition) is 5. The maximum absolute atomic E-state index is 14.0. The molecular weight excluding hydrogens is 381 g/mol. The van der Waals surface area contributed by atoms with Crippen LogP contribution in [0, 0.1) is 0 Å². The number of carbonyl (C=O) groups excluding carboxylic acids is 1. The first-order chi connectivity index (χ1) is 13.2. The molecule has 1 heterocycles. The highest BCUT2D eigenvalue weighted by Gasteiger charge is 2.39. The number of aromatic nitrogens is 4. The van der Waals surface area contributed by atoms with E-state index in [4.69, 9.17) is 10.8 Å². The summed E-state index contributed by atoms with van der Waals surface area (Å²) in [4.78, 5) is 22.2. The van der Waals surface area contributed by atoms with E-state index in [0.29, 0.717) is 0 Å². The molecule has 0 spiro atoms. The Balaban J connectivity index is 2.30. The Morgan fingerprint density at radius 2 is 1.79 bits per heavy atom. The lowest BCUT2D eigenvalue weighted by molar-refractivity contribution is -0.136. The summed E-state index contributed by atoms with van der Waals surface area (Å²) in [5, 5.41) is 23.6. The molecule has 0 saturated heterocycles. The van der Waals surface area contributed by atoms with Crippen LogP contribution in [0.2, 0.25) is 0 Å². The highest BCUT2D eigenvalue weighted by molar-refractivity contribution is 5.96. The van der Waals surface area contributed by atoms with E-state index in [1.165, 1.54) is 30.3 Å². The van der Waals surface area contributed by atoms with Crippen LogP contribution >= 0.6 is 0 Å². The predicted octanol–water partition coefficient (Wildman–Crippen LogP) is 2.74. The fourth-order valence-electron chi connectivity index (χ4n) is 2.67. The number of nitrogens with two attached hydrogens (primary N) is 1. The molecule has 3 aromatic rings. The molecule has 0 aliphatic heterocycles. The Labute approximate surface area is 154 Å². The quantitative estimate of drug-likeness (QED) is 0.537. The number of carboxylic acid groups (broad SMARTS) is 1. The Morgan fingerprint density at radius 3 is 2.29 bits per heavy atom. The van der Waals surface area contributed by atoms with Crippen molar-refractivity contribution in [2.24, 2.45) is 5.73 Å². The first-order valence-corrected chi connectivity index (χ1v) is 7.56. The van der Waals surface area contributed by atoms with E-state index in [9.17, 15) is 22.8 Å². The standard InChI is InChI=1S/C16H11F3N6O3/c17-16(18,19)12-9(7-1-3-8(4-2-7)14(26)27)5-6-10(21-15(20)28)11(12)13-22-24-25-23-13/h1-6H,(H,26,27)(H3,20,21,28)(H,22,23,24,25). The van der Waals surface area contributed by atoms with E-state index in [2.05, 4.69) is 25.9 Å². The van der Waals surface area contributed by atoms with Crippen LogP contribution in [0.5, 0.6) is 0 Å². The SMILES string of the molecule is NC(=O)Nc1ccc(-c2ccc(C(=O)O)cc2)c(C(F)(F)F)c1-c1nn[nH]n1. The number of aromatic amines is 1. The van der Waals surface area contributed by atoms with Crippen molar-refractivity contribution in [1.29, 1.82) is 0 Å². The number of H-pyrrole nitrogens is 1. The number of anilines is 1. The lowest BCUT2D eigenvalue weighted by Crippen LogP contribution is -2.21. The molecule has 0 aliphatic carbocycles. The number of aromatic carboxylic acids is 1. The van der Waals surface area contributed by atoms with Crippen molar-refractivity contribution in [2.75, 3.05) is 5.32 Å².